The Balaban J connectivity index is 2.17. The van der Waals surface area contributed by atoms with Crippen LogP contribution in [0.15, 0.2) is 59.7 Å². The van der Waals surface area contributed by atoms with Crippen LogP contribution in [0.4, 0.5) is 0 Å². The summed E-state index contributed by atoms with van der Waals surface area (Å²) in [6.45, 7) is 8.67. The first-order valence-corrected chi connectivity index (χ1v) is 10.7. The van der Waals surface area contributed by atoms with Crippen molar-refractivity contribution in [2.24, 2.45) is 0 Å². The summed E-state index contributed by atoms with van der Waals surface area (Å²) < 4.78 is 1.47. The van der Waals surface area contributed by atoms with E-state index in [9.17, 15) is 5.53 Å². The first-order chi connectivity index (χ1) is 13.6. The summed E-state index contributed by atoms with van der Waals surface area (Å²) in [5.41, 5.74) is 20.6. The number of allylic oxidation sites excluding steroid dienone is 2. The number of rotatable bonds is 8. The highest BCUT2D eigenvalue weighted by Gasteiger charge is 2.34. The third kappa shape index (κ3) is 4.16. The minimum absolute atomic E-state index is 0.969. The summed E-state index contributed by atoms with van der Waals surface area (Å²) in [5, 5.41) is 0. The van der Waals surface area contributed by atoms with Crippen molar-refractivity contribution in [3.8, 4) is 0 Å². The topological polar surface area (TPSA) is 25.3 Å². The highest BCUT2D eigenvalue weighted by atomic mass is 15.2. The van der Waals surface area contributed by atoms with Gasteiger partial charge in [-0.1, -0.05) is 62.1 Å². The SMILES string of the molecule is CCCCC1=C(c2ccc(C)cc2)[N+](=[N-])C(c2cccc(C)c2)=C1CCCC. The van der Waals surface area contributed by atoms with E-state index in [1.165, 1.54) is 27.0 Å². The van der Waals surface area contributed by atoms with Gasteiger partial charge in [0.2, 0.25) is 11.4 Å². The molecule has 2 heteroatoms. The quantitative estimate of drug-likeness (QED) is 0.421. The average molecular weight is 373 g/mol. The molecule has 0 radical (unpaired) electrons. The number of nitrogens with zero attached hydrogens (tertiary/aromatic N) is 2. The minimum atomic E-state index is 0.969. The molecule has 28 heavy (non-hydrogen) atoms. The van der Waals surface area contributed by atoms with E-state index in [2.05, 4.69) is 76.2 Å². The monoisotopic (exact) mass is 372 g/mol. The highest BCUT2D eigenvalue weighted by molar-refractivity contribution is 5.82. The Kier molecular flexibility index (Phi) is 6.61. The van der Waals surface area contributed by atoms with E-state index in [1.807, 2.05) is 0 Å². The summed E-state index contributed by atoms with van der Waals surface area (Å²) in [6.07, 6.45) is 6.58. The third-order valence-electron chi connectivity index (χ3n) is 5.54. The summed E-state index contributed by atoms with van der Waals surface area (Å²) >= 11 is 0. The molecule has 1 heterocycles. The zero-order valence-corrected chi connectivity index (χ0v) is 17.8. The van der Waals surface area contributed by atoms with Gasteiger partial charge in [-0.2, -0.15) is 0 Å². The summed E-state index contributed by atoms with van der Waals surface area (Å²) in [7, 11) is 0. The van der Waals surface area contributed by atoms with Gasteiger partial charge in [0.15, 0.2) is 0 Å². The molecule has 1 aliphatic heterocycles. The van der Waals surface area contributed by atoms with Gasteiger partial charge in [0.1, 0.15) is 0 Å². The molecule has 0 saturated heterocycles. The number of unbranched alkanes of at least 4 members (excludes halogenated alkanes) is 2. The van der Waals surface area contributed by atoms with Crippen LogP contribution in [-0.2, 0) is 0 Å². The van der Waals surface area contributed by atoms with Crippen molar-refractivity contribution in [3.05, 3.63) is 87.5 Å². The van der Waals surface area contributed by atoms with E-state index in [-0.39, 0.29) is 0 Å². The Morgan fingerprint density at radius 2 is 1.29 bits per heavy atom. The molecule has 2 nitrogen and oxygen atoms in total. The predicted octanol–water partition coefficient (Wildman–Crippen LogP) is 7.85. The lowest BCUT2D eigenvalue weighted by Gasteiger charge is -2.10. The second kappa shape index (κ2) is 9.14. The van der Waals surface area contributed by atoms with Crippen LogP contribution in [0.2, 0.25) is 0 Å². The molecule has 3 rings (SSSR count). The second-order valence-electron chi connectivity index (χ2n) is 7.91. The largest absolute Gasteiger partial charge is 0.493 e. The van der Waals surface area contributed by atoms with Gasteiger partial charge in [-0.05, 0) is 63.8 Å². The van der Waals surface area contributed by atoms with Crippen molar-refractivity contribution >= 4 is 11.4 Å². The van der Waals surface area contributed by atoms with Gasteiger partial charge in [0.25, 0.3) is 0 Å². The average Bonchev–Trinajstić information content (AvgIpc) is 2.96. The Hall–Kier alpha value is -2.48. The van der Waals surface area contributed by atoms with Crippen LogP contribution in [-0.4, -0.2) is 4.70 Å². The van der Waals surface area contributed by atoms with E-state index in [1.54, 1.807) is 0 Å². The number of hydrogen-bond acceptors (Lipinski definition) is 0. The first kappa shape index (κ1) is 20.3. The van der Waals surface area contributed by atoms with Gasteiger partial charge < -0.3 is 5.53 Å². The van der Waals surface area contributed by atoms with Crippen molar-refractivity contribution in [1.29, 1.82) is 0 Å². The molecule has 1 aliphatic rings. The molecule has 0 saturated carbocycles. The van der Waals surface area contributed by atoms with Gasteiger partial charge in [-0.25, -0.2) is 4.70 Å². The summed E-state index contributed by atoms with van der Waals surface area (Å²) in [6, 6.07) is 17.0. The summed E-state index contributed by atoms with van der Waals surface area (Å²) in [4.78, 5) is 0. The molecule has 0 unspecified atom stereocenters. The van der Waals surface area contributed by atoms with Crippen molar-refractivity contribution in [1.82, 2.24) is 0 Å². The van der Waals surface area contributed by atoms with Crippen LogP contribution in [0.25, 0.3) is 16.9 Å². The van der Waals surface area contributed by atoms with Gasteiger partial charge in [-0.15, -0.1) is 0 Å². The van der Waals surface area contributed by atoms with Crippen LogP contribution < -0.4 is 0 Å². The van der Waals surface area contributed by atoms with Crippen LogP contribution in [0.3, 0.4) is 0 Å². The molecule has 0 fully saturated rings. The smallest absolute Gasteiger partial charge is 0.211 e. The molecule has 146 valence electrons. The van der Waals surface area contributed by atoms with E-state index < -0.39 is 0 Å². The standard InChI is InChI=1S/C26H32N2/c1-5-7-12-23-24(13-8-6-2)26(22-11-9-10-20(4)18-22)28(27)25(23)21-16-14-19(3)15-17-21/h9-11,14-18H,5-8,12-13H2,1-4H3. The Bertz CT molecular complexity index is 914. The van der Waals surface area contributed by atoms with Crippen molar-refractivity contribution in [2.75, 3.05) is 0 Å². The molecule has 2 aromatic rings. The lowest BCUT2D eigenvalue weighted by molar-refractivity contribution is -0.345. The second-order valence-corrected chi connectivity index (χ2v) is 7.91. The number of hydrogen-bond donors (Lipinski definition) is 0. The molecule has 0 spiro atoms. The summed E-state index contributed by atoms with van der Waals surface area (Å²) in [5.74, 6) is 0. The van der Waals surface area contributed by atoms with Gasteiger partial charge >= 0.3 is 0 Å². The van der Waals surface area contributed by atoms with Gasteiger partial charge in [0, 0.05) is 22.3 Å². The molecule has 0 amide bonds. The van der Waals surface area contributed by atoms with Crippen molar-refractivity contribution in [3.63, 3.8) is 0 Å². The fourth-order valence-corrected chi connectivity index (χ4v) is 4.00. The lowest BCUT2D eigenvalue weighted by Crippen LogP contribution is -2.02. The van der Waals surface area contributed by atoms with E-state index in [0.717, 1.165) is 61.0 Å². The van der Waals surface area contributed by atoms with Crippen molar-refractivity contribution in [2.45, 2.75) is 66.2 Å². The number of aryl methyl sites for hydroxylation is 2. The van der Waals surface area contributed by atoms with Crippen LogP contribution in [0, 0.1) is 13.8 Å². The molecule has 0 bridgehead atoms. The highest BCUT2D eigenvalue weighted by Crippen LogP contribution is 2.44. The first-order valence-electron chi connectivity index (χ1n) is 10.7. The molecule has 0 N–H and O–H groups in total. The van der Waals surface area contributed by atoms with E-state index >= 15 is 0 Å². The Morgan fingerprint density at radius 3 is 1.82 bits per heavy atom. The molecular formula is C26H32N2. The maximum atomic E-state index is 11.4. The van der Waals surface area contributed by atoms with Crippen LogP contribution in [0.1, 0.15) is 74.6 Å². The Labute approximate surface area is 170 Å². The molecule has 0 aromatic heterocycles. The maximum Gasteiger partial charge on any atom is 0.211 e. The van der Waals surface area contributed by atoms with Crippen LogP contribution in [0.5, 0.6) is 0 Å². The molecule has 0 aliphatic carbocycles. The minimum Gasteiger partial charge on any atom is -0.493 e. The van der Waals surface area contributed by atoms with Gasteiger partial charge in [-0.3, -0.25) is 0 Å². The van der Waals surface area contributed by atoms with E-state index in [4.69, 9.17) is 0 Å². The number of benzene rings is 2. The molecular weight excluding hydrogens is 340 g/mol. The zero-order chi connectivity index (χ0) is 20.1. The van der Waals surface area contributed by atoms with Crippen LogP contribution >= 0.6 is 0 Å². The maximum absolute atomic E-state index is 11.4. The molecule has 0 atom stereocenters. The lowest BCUT2D eigenvalue weighted by atomic mass is 9.92. The normalized spacial score (nSPS) is 14.4. The predicted molar refractivity (Wildman–Crippen MR) is 119 cm³/mol. The third-order valence-corrected chi connectivity index (χ3v) is 5.54. The fourth-order valence-electron chi connectivity index (χ4n) is 4.00. The van der Waals surface area contributed by atoms with Crippen molar-refractivity contribution < 1.29 is 4.70 Å². The van der Waals surface area contributed by atoms with Gasteiger partial charge in [0.05, 0.1) is 0 Å². The molecule has 2 aromatic carbocycles. The Morgan fingerprint density at radius 1 is 0.714 bits per heavy atom. The van der Waals surface area contributed by atoms with E-state index in [0.29, 0.717) is 0 Å². The zero-order valence-electron chi connectivity index (χ0n) is 17.8. The fraction of sp³-hybridized carbons (Fsp3) is 0.385.